The lowest BCUT2D eigenvalue weighted by Crippen LogP contribution is -2.29. The molecule has 0 unspecified atom stereocenters. The van der Waals surface area contributed by atoms with Crippen LogP contribution >= 0.6 is 23.2 Å². The smallest absolute Gasteiger partial charge is 0.175 e. The van der Waals surface area contributed by atoms with Crippen LogP contribution in [0.25, 0.3) is 11.1 Å². The van der Waals surface area contributed by atoms with Gasteiger partial charge >= 0.3 is 0 Å². The Morgan fingerprint density at radius 3 is 2.39 bits per heavy atom. The number of oxime groups is 1. The lowest BCUT2D eigenvalue weighted by atomic mass is 10.0. The Morgan fingerprint density at radius 1 is 1.00 bits per heavy atom. The number of rotatable bonds is 13. The summed E-state index contributed by atoms with van der Waals surface area (Å²) >= 11 is 13.3. The lowest BCUT2D eigenvalue weighted by Gasteiger charge is -2.18. The van der Waals surface area contributed by atoms with Crippen molar-refractivity contribution in [2.75, 3.05) is 26.0 Å². The highest BCUT2D eigenvalue weighted by Crippen LogP contribution is 2.36. The molecule has 0 saturated heterocycles. The Bertz CT molecular complexity index is 1720. The van der Waals surface area contributed by atoms with E-state index in [2.05, 4.69) is 10.5 Å². The van der Waals surface area contributed by atoms with Crippen molar-refractivity contribution in [3.63, 3.8) is 0 Å². The number of ether oxygens (including phenoxy) is 2. The summed E-state index contributed by atoms with van der Waals surface area (Å²) in [6, 6.07) is 15.3. The van der Waals surface area contributed by atoms with Gasteiger partial charge < -0.3 is 30.2 Å². The molecule has 0 amide bonds. The molecular weight excluding hydrogens is 629 g/mol. The van der Waals surface area contributed by atoms with Crippen LogP contribution in [0, 0.1) is 5.41 Å². The van der Waals surface area contributed by atoms with Crippen LogP contribution in [-0.2, 0) is 23.0 Å². The van der Waals surface area contributed by atoms with Crippen molar-refractivity contribution in [1.82, 2.24) is 5.32 Å². The first-order valence-corrected chi connectivity index (χ1v) is 16.0. The minimum atomic E-state index is -3.33. The second kappa shape index (κ2) is 14.8. The van der Waals surface area contributed by atoms with Gasteiger partial charge in [0, 0.05) is 42.1 Å². The molecule has 1 aliphatic rings. The molecule has 1 atom stereocenters. The number of hydrogen-bond donors (Lipinski definition) is 5. The van der Waals surface area contributed by atoms with Crippen LogP contribution in [0.5, 0.6) is 11.5 Å². The third-order valence-corrected chi connectivity index (χ3v) is 8.51. The monoisotopic (exact) mass is 659 g/mol. The van der Waals surface area contributed by atoms with Crippen molar-refractivity contribution in [2.24, 2.45) is 5.16 Å². The molecule has 0 spiro atoms. The van der Waals surface area contributed by atoms with E-state index in [4.69, 9.17) is 48.4 Å². The second-order valence-corrected chi connectivity index (χ2v) is 12.8. The fraction of sp³-hybridized carbons (Fsp3) is 0.226. The van der Waals surface area contributed by atoms with Gasteiger partial charge in [-0.15, -0.1) is 0 Å². The standard InChI is InChI=1S/C31H31Cl2N3O7S/c1-44(40,41)24-8-6-20(7-9-24)25-4-2-3-21(31(25)33)18-43-30-13-29(22(12-26(30)32)14-35-15-23(38)16-37)42-17-19-5-10-28(36-39)27(34)11-19/h2-13,23,34-35,37-39H,14-18H2,1H3/b34-27?,36-28-/t23-/m0/s1. The van der Waals surface area contributed by atoms with Crippen molar-refractivity contribution in [3.8, 4) is 22.6 Å². The van der Waals surface area contributed by atoms with Crippen molar-refractivity contribution in [2.45, 2.75) is 24.2 Å². The summed E-state index contributed by atoms with van der Waals surface area (Å²) in [5.74, 6) is 0.763. The van der Waals surface area contributed by atoms with Gasteiger partial charge in [-0.3, -0.25) is 5.41 Å². The molecule has 44 heavy (non-hydrogen) atoms. The van der Waals surface area contributed by atoms with E-state index in [-0.39, 0.29) is 49.2 Å². The van der Waals surface area contributed by atoms with Gasteiger partial charge in [0.05, 0.1) is 33.4 Å². The highest BCUT2D eigenvalue weighted by Gasteiger charge is 2.16. The highest BCUT2D eigenvalue weighted by molar-refractivity contribution is 7.90. The Kier molecular flexibility index (Phi) is 11.2. The molecule has 0 bridgehead atoms. The Balaban J connectivity index is 1.55. The first kappa shape index (κ1) is 33.2. The number of nitrogens with one attached hydrogen (secondary N) is 2. The van der Waals surface area contributed by atoms with E-state index in [9.17, 15) is 13.5 Å². The van der Waals surface area contributed by atoms with Gasteiger partial charge in [0.15, 0.2) is 9.84 Å². The Morgan fingerprint density at radius 2 is 1.73 bits per heavy atom. The summed E-state index contributed by atoms with van der Waals surface area (Å²) in [7, 11) is -3.33. The maximum absolute atomic E-state index is 11.8. The number of allylic oxidation sites excluding steroid dienone is 2. The van der Waals surface area contributed by atoms with E-state index < -0.39 is 15.9 Å². The predicted molar refractivity (Wildman–Crippen MR) is 170 cm³/mol. The van der Waals surface area contributed by atoms with E-state index in [0.717, 1.165) is 11.8 Å². The Hall–Kier alpha value is -3.71. The van der Waals surface area contributed by atoms with Gasteiger partial charge in [0.25, 0.3) is 0 Å². The molecular formula is C31H31Cl2N3O7S. The zero-order valence-corrected chi connectivity index (χ0v) is 26.0. The number of nitrogens with zero attached hydrogens (tertiary/aromatic N) is 1. The molecule has 1 aliphatic carbocycles. The van der Waals surface area contributed by atoms with Gasteiger partial charge in [-0.2, -0.15) is 0 Å². The summed E-state index contributed by atoms with van der Waals surface area (Å²) in [5.41, 5.74) is 3.65. The van der Waals surface area contributed by atoms with Crippen molar-refractivity contribution in [3.05, 3.63) is 99.6 Å². The van der Waals surface area contributed by atoms with Gasteiger partial charge in [0.2, 0.25) is 0 Å². The van der Waals surface area contributed by atoms with Crippen LogP contribution in [0.2, 0.25) is 10.0 Å². The van der Waals surface area contributed by atoms with E-state index >= 15 is 0 Å². The molecule has 13 heteroatoms. The fourth-order valence-corrected chi connectivity index (χ4v) is 5.43. The van der Waals surface area contributed by atoms with Crippen LogP contribution in [0.15, 0.2) is 88.4 Å². The molecule has 0 radical (unpaired) electrons. The van der Waals surface area contributed by atoms with E-state index in [1.807, 2.05) is 18.2 Å². The molecule has 4 rings (SSSR count). The summed E-state index contributed by atoms with van der Waals surface area (Å²) in [6.07, 6.45) is 4.94. The molecule has 0 fully saturated rings. The van der Waals surface area contributed by atoms with Crippen LogP contribution in [0.4, 0.5) is 0 Å². The number of halogens is 2. The van der Waals surface area contributed by atoms with Crippen molar-refractivity contribution >= 4 is 44.5 Å². The first-order chi connectivity index (χ1) is 21.0. The molecule has 0 saturated carbocycles. The third kappa shape index (κ3) is 8.47. The highest BCUT2D eigenvalue weighted by atomic mass is 35.5. The normalized spacial score (nSPS) is 14.9. The van der Waals surface area contributed by atoms with Crippen LogP contribution in [-0.4, -0.2) is 67.4 Å². The molecule has 10 nitrogen and oxygen atoms in total. The topological polar surface area (TPSA) is 162 Å². The minimum Gasteiger partial charge on any atom is -0.488 e. The predicted octanol–water partition coefficient (Wildman–Crippen LogP) is 4.81. The zero-order valence-electron chi connectivity index (χ0n) is 23.6. The van der Waals surface area contributed by atoms with E-state index in [1.165, 1.54) is 24.3 Å². The number of sulfone groups is 1. The molecule has 5 N–H and O–H groups in total. The average molecular weight is 661 g/mol. The average Bonchev–Trinajstić information content (AvgIpc) is 3.00. The molecule has 3 aromatic rings. The fourth-order valence-electron chi connectivity index (χ4n) is 4.27. The number of aliphatic hydroxyl groups is 2. The lowest BCUT2D eigenvalue weighted by molar-refractivity contribution is 0.0941. The van der Waals surface area contributed by atoms with Crippen LogP contribution < -0.4 is 14.8 Å². The summed E-state index contributed by atoms with van der Waals surface area (Å²) in [4.78, 5) is 0.213. The number of benzene rings is 3. The molecule has 0 heterocycles. The van der Waals surface area contributed by atoms with Crippen LogP contribution in [0.1, 0.15) is 11.1 Å². The molecule has 3 aromatic carbocycles. The number of hydrogen-bond acceptors (Lipinski definition) is 10. The minimum absolute atomic E-state index is 0.0408. The SMILES string of the molecule is CS(=O)(=O)c1ccc(-c2cccc(COc3cc(OCC4=CC(=N)/C(=N\O)C=C4)c(CNC[C@H](O)CO)cc3Cl)c2Cl)cc1. The van der Waals surface area contributed by atoms with Crippen LogP contribution in [0.3, 0.4) is 0 Å². The van der Waals surface area contributed by atoms with Gasteiger partial charge in [0.1, 0.15) is 30.4 Å². The molecule has 0 aliphatic heterocycles. The second-order valence-electron chi connectivity index (χ2n) is 9.96. The maximum Gasteiger partial charge on any atom is 0.175 e. The largest absolute Gasteiger partial charge is 0.488 e. The van der Waals surface area contributed by atoms with Crippen molar-refractivity contribution < 1.29 is 33.3 Å². The van der Waals surface area contributed by atoms with Gasteiger partial charge in [-0.1, -0.05) is 64.8 Å². The molecule has 0 aromatic heterocycles. The van der Waals surface area contributed by atoms with Crippen molar-refractivity contribution in [1.29, 1.82) is 5.41 Å². The first-order valence-electron chi connectivity index (χ1n) is 13.3. The van der Waals surface area contributed by atoms with E-state index in [1.54, 1.807) is 30.3 Å². The van der Waals surface area contributed by atoms with Gasteiger partial charge in [-0.05, 0) is 41.5 Å². The van der Waals surface area contributed by atoms with E-state index in [0.29, 0.717) is 43.8 Å². The maximum atomic E-state index is 11.8. The quantitative estimate of drug-likeness (QED) is 0.0992. The third-order valence-electron chi connectivity index (χ3n) is 6.64. The number of aliphatic hydroxyl groups excluding tert-OH is 2. The molecule has 232 valence electrons. The summed E-state index contributed by atoms with van der Waals surface area (Å²) < 4.78 is 35.8. The summed E-state index contributed by atoms with van der Waals surface area (Å²) in [5, 5.41) is 42.6. The zero-order chi connectivity index (χ0) is 31.9. The summed E-state index contributed by atoms with van der Waals surface area (Å²) in [6.45, 7) is 0.195. The Labute approximate surface area is 265 Å². The van der Waals surface area contributed by atoms with Gasteiger partial charge in [-0.25, -0.2) is 8.42 Å².